The molecule has 0 amide bonds. The number of nitrogens with one attached hydrogen (secondary N) is 1. The smallest absolute Gasteiger partial charge is 0.204 e. The number of methoxy groups -OCH3 is 2. The summed E-state index contributed by atoms with van der Waals surface area (Å²) in [5.74, 6) is 1.94. The SMILES string of the molecule is COc1ccc(-c2cccc(-n3cnc4ccc(-c5nn[nH]n5)cc43)c2)cc1OC. The molecule has 0 aliphatic heterocycles. The summed E-state index contributed by atoms with van der Waals surface area (Å²) in [5, 5.41) is 14.3. The standard InChI is InChI=1S/C22H18N6O2/c1-29-20-9-7-15(12-21(20)30-2)14-4-3-5-17(10-14)28-13-23-18-8-6-16(11-19(18)28)22-24-26-27-25-22/h3-13H,1-2H3,(H,24,25,26,27). The van der Waals surface area contributed by atoms with Crippen LogP contribution in [0.2, 0.25) is 0 Å². The Morgan fingerprint density at radius 1 is 0.833 bits per heavy atom. The van der Waals surface area contributed by atoms with Gasteiger partial charge in [0, 0.05) is 11.3 Å². The summed E-state index contributed by atoms with van der Waals surface area (Å²) < 4.78 is 12.8. The van der Waals surface area contributed by atoms with E-state index in [0.29, 0.717) is 17.3 Å². The maximum atomic E-state index is 5.45. The topological polar surface area (TPSA) is 90.7 Å². The van der Waals surface area contributed by atoms with Gasteiger partial charge in [-0.05, 0) is 58.8 Å². The predicted molar refractivity (Wildman–Crippen MR) is 113 cm³/mol. The van der Waals surface area contributed by atoms with E-state index < -0.39 is 0 Å². The zero-order valence-electron chi connectivity index (χ0n) is 16.4. The van der Waals surface area contributed by atoms with Gasteiger partial charge in [0.05, 0.1) is 25.3 Å². The Balaban J connectivity index is 1.59. The second-order valence-corrected chi connectivity index (χ2v) is 6.67. The predicted octanol–water partition coefficient (Wildman–Crippen LogP) is 3.89. The first-order valence-corrected chi connectivity index (χ1v) is 9.30. The van der Waals surface area contributed by atoms with E-state index in [1.807, 2.05) is 59.4 Å². The molecular formula is C22H18N6O2. The number of nitrogens with zero attached hydrogens (tertiary/aromatic N) is 5. The largest absolute Gasteiger partial charge is 0.493 e. The highest BCUT2D eigenvalue weighted by atomic mass is 16.5. The van der Waals surface area contributed by atoms with E-state index in [1.54, 1.807) is 14.2 Å². The van der Waals surface area contributed by atoms with Crippen molar-refractivity contribution in [3.63, 3.8) is 0 Å². The van der Waals surface area contributed by atoms with Crippen LogP contribution in [-0.4, -0.2) is 44.4 Å². The molecular weight excluding hydrogens is 380 g/mol. The second kappa shape index (κ2) is 7.32. The van der Waals surface area contributed by atoms with Crippen LogP contribution >= 0.6 is 0 Å². The third kappa shape index (κ3) is 3.04. The quantitative estimate of drug-likeness (QED) is 0.483. The maximum absolute atomic E-state index is 5.45. The van der Waals surface area contributed by atoms with Crippen molar-refractivity contribution >= 4 is 11.0 Å². The van der Waals surface area contributed by atoms with Crippen molar-refractivity contribution in [2.75, 3.05) is 14.2 Å². The summed E-state index contributed by atoms with van der Waals surface area (Å²) in [6.07, 6.45) is 1.82. The number of hydrogen-bond acceptors (Lipinski definition) is 6. The summed E-state index contributed by atoms with van der Waals surface area (Å²) in [6, 6.07) is 20.0. The van der Waals surface area contributed by atoms with E-state index >= 15 is 0 Å². The van der Waals surface area contributed by atoms with Gasteiger partial charge in [-0.15, -0.1) is 10.2 Å². The van der Waals surface area contributed by atoms with Gasteiger partial charge in [-0.1, -0.05) is 18.2 Å². The molecule has 0 saturated carbocycles. The number of imidazole rings is 1. The fraction of sp³-hybridized carbons (Fsp3) is 0.0909. The lowest BCUT2D eigenvalue weighted by Crippen LogP contribution is -1.94. The van der Waals surface area contributed by atoms with E-state index in [-0.39, 0.29) is 0 Å². The molecule has 2 heterocycles. The molecule has 0 atom stereocenters. The molecule has 1 N–H and O–H groups in total. The van der Waals surface area contributed by atoms with Gasteiger partial charge in [-0.25, -0.2) is 4.98 Å². The van der Waals surface area contributed by atoms with E-state index in [0.717, 1.165) is 33.4 Å². The van der Waals surface area contributed by atoms with Crippen LogP contribution in [-0.2, 0) is 0 Å². The molecule has 5 aromatic rings. The summed E-state index contributed by atoms with van der Waals surface area (Å²) in [7, 11) is 3.27. The fourth-order valence-electron chi connectivity index (χ4n) is 3.49. The van der Waals surface area contributed by atoms with Gasteiger partial charge in [0.2, 0.25) is 5.82 Å². The van der Waals surface area contributed by atoms with Crippen molar-refractivity contribution in [1.82, 2.24) is 30.2 Å². The minimum atomic E-state index is 0.545. The Labute approximate surface area is 172 Å². The third-order valence-corrected chi connectivity index (χ3v) is 4.99. The number of H-pyrrole nitrogens is 1. The minimum Gasteiger partial charge on any atom is -0.493 e. The average molecular weight is 398 g/mol. The van der Waals surface area contributed by atoms with Crippen molar-refractivity contribution < 1.29 is 9.47 Å². The third-order valence-electron chi connectivity index (χ3n) is 4.99. The van der Waals surface area contributed by atoms with E-state index in [9.17, 15) is 0 Å². The van der Waals surface area contributed by atoms with Gasteiger partial charge in [-0.2, -0.15) is 5.21 Å². The number of benzene rings is 3. The Hall–Kier alpha value is -4.20. The number of fused-ring (bicyclic) bond motifs is 1. The molecule has 148 valence electrons. The van der Waals surface area contributed by atoms with Crippen molar-refractivity contribution in [1.29, 1.82) is 0 Å². The molecule has 0 fully saturated rings. The van der Waals surface area contributed by atoms with Crippen LogP contribution in [0.3, 0.4) is 0 Å². The van der Waals surface area contributed by atoms with Gasteiger partial charge in [-0.3, -0.25) is 4.57 Å². The van der Waals surface area contributed by atoms with E-state index in [1.165, 1.54) is 0 Å². The molecule has 0 spiro atoms. The van der Waals surface area contributed by atoms with Crippen molar-refractivity contribution in [3.8, 4) is 39.7 Å². The Morgan fingerprint density at radius 2 is 1.67 bits per heavy atom. The van der Waals surface area contributed by atoms with Crippen LogP contribution in [0.15, 0.2) is 67.0 Å². The molecule has 2 aromatic heterocycles. The van der Waals surface area contributed by atoms with Crippen LogP contribution in [0, 0.1) is 0 Å². The van der Waals surface area contributed by atoms with Gasteiger partial charge in [0.15, 0.2) is 11.5 Å². The van der Waals surface area contributed by atoms with Crippen LogP contribution < -0.4 is 9.47 Å². The normalized spacial score (nSPS) is 11.0. The second-order valence-electron chi connectivity index (χ2n) is 6.67. The Morgan fingerprint density at radius 3 is 2.47 bits per heavy atom. The highest BCUT2D eigenvalue weighted by molar-refractivity contribution is 5.82. The number of tetrazole rings is 1. The molecule has 0 radical (unpaired) electrons. The lowest BCUT2D eigenvalue weighted by molar-refractivity contribution is 0.355. The molecule has 0 unspecified atom stereocenters. The molecule has 0 aliphatic carbocycles. The highest BCUT2D eigenvalue weighted by Crippen LogP contribution is 2.33. The monoisotopic (exact) mass is 398 g/mol. The zero-order valence-corrected chi connectivity index (χ0v) is 16.4. The first-order valence-electron chi connectivity index (χ1n) is 9.30. The molecule has 3 aromatic carbocycles. The van der Waals surface area contributed by atoms with Crippen molar-refractivity contribution in [2.24, 2.45) is 0 Å². The minimum absolute atomic E-state index is 0.545. The van der Waals surface area contributed by atoms with Gasteiger partial charge < -0.3 is 9.47 Å². The highest BCUT2D eigenvalue weighted by Gasteiger charge is 2.11. The molecule has 30 heavy (non-hydrogen) atoms. The summed E-state index contributed by atoms with van der Waals surface area (Å²) in [4.78, 5) is 4.53. The lowest BCUT2D eigenvalue weighted by atomic mass is 10.0. The average Bonchev–Trinajstić information content (AvgIpc) is 3.48. The van der Waals surface area contributed by atoms with Crippen molar-refractivity contribution in [3.05, 3.63) is 67.0 Å². The number of aromatic nitrogens is 6. The van der Waals surface area contributed by atoms with Crippen LogP contribution in [0.1, 0.15) is 0 Å². The van der Waals surface area contributed by atoms with E-state index in [4.69, 9.17) is 9.47 Å². The van der Waals surface area contributed by atoms with Crippen LogP contribution in [0.25, 0.3) is 39.2 Å². The zero-order chi connectivity index (χ0) is 20.5. The fourth-order valence-corrected chi connectivity index (χ4v) is 3.49. The number of hydrogen-bond donors (Lipinski definition) is 1. The molecule has 0 saturated heterocycles. The number of aromatic amines is 1. The summed E-state index contributed by atoms with van der Waals surface area (Å²) in [6.45, 7) is 0. The molecule has 5 rings (SSSR count). The van der Waals surface area contributed by atoms with Gasteiger partial charge >= 0.3 is 0 Å². The van der Waals surface area contributed by atoms with Gasteiger partial charge in [0.25, 0.3) is 0 Å². The summed E-state index contributed by atoms with van der Waals surface area (Å²) in [5.41, 5.74) is 5.81. The number of ether oxygens (including phenoxy) is 2. The van der Waals surface area contributed by atoms with Crippen molar-refractivity contribution in [2.45, 2.75) is 0 Å². The maximum Gasteiger partial charge on any atom is 0.204 e. The Bertz CT molecular complexity index is 1330. The molecule has 0 bridgehead atoms. The Kier molecular flexibility index (Phi) is 4.36. The number of rotatable bonds is 5. The molecule has 8 nitrogen and oxygen atoms in total. The first kappa shape index (κ1) is 17.9. The molecule has 0 aliphatic rings. The first-order chi connectivity index (χ1) is 14.8. The van der Waals surface area contributed by atoms with Crippen LogP contribution in [0.4, 0.5) is 0 Å². The van der Waals surface area contributed by atoms with E-state index in [2.05, 4.69) is 37.7 Å². The lowest BCUT2D eigenvalue weighted by Gasteiger charge is -2.11. The van der Waals surface area contributed by atoms with Crippen LogP contribution in [0.5, 0.6) is 11.5 Å². The summed E-state index contributed by atoms with van der Waals surface area (Å²) >= 11 is 0. The molecule has 8 heteroatoms. The van der Waals surface area contributed by atoms with Gasteiger partial charge in [0.1, 0.15) is 6.33 Å².